The van der Waals surface area contributed by atoms with Crippen LogP contribution in [0.4, 0.5) is 5.69 Å². The molecule has 0 heterocycles. The number of carbonyl (C=O) groups excluding carboxylic acids is 2. The molecule has 0 aliphatic rings. The summed E-state index contributed by atoms with van der Waals surface area (Å²) in [5.41, 5.74) is 2.01. The highest BCUT2D eigenvalue weighted by atomic mass is 35.5. The van der Waals surface area contributed by atoms with Crippen molar-refractivity contribution in [3.8, 4) is 5.75 Å². The average molecular weight is 389 g/mol. The molecule has 2 aromatic rings. The maximum atomic E-state index is 12.3. The maximum absolute atomic E-state index is 12.3. The summed E-state index contributed by atoms with van der Waals surface area (Å²) in [6.45, 7) is 8.24. The zero-order chi connectivity index (χ0) is 20.0. The van der Waals surface area contributed by atoms with Gasteiger partial charge in [0.05, 0.1) is 0 Å². The third-order valence-electron chi connectivity index (χ3n) is 3.90. The van der Waals surface area contributed by atoms with Gasteiger partial charge in [0.2, 0.25) is 0 Å². The second kappa shape index (κ2) is 9.42. The van der Waals surface area contributed by atoms with Crippen molar-refractivity contribution >= 4 is 29.1 Å². The van der Waals surface area contributed by atoms with Crippen molar-refractivity contribution in [2.24, 2.45) is 5.92 Å². The lowest BCUT2D eigenvalue weighted by atomic mass is 10.1. The molecule has 0 fully saturated rings. The van der Waals surface area contributed by atoms with Crippen LogP contribution >= 0.6 is 11.6 Å². The highest BCUT2D eigenvalue weighted by Gasteiger charge is 2.16. The largest absolute Gasteiger partial charge is 0.481 e. The third kappa shape index (κ3) is 6.29. The molecule has 6 heteroatoms. The second-order valence-corrected chi connectivity index (χ2v) is 7.28. The third-order valence-corrected chi connectivity index (χ3v) is 4.13. The number of hydrogen-bond donors (Lipinski definition) is 2. The van der Waals surface area contributed by atoms with Gasteiger partial charge in [-0.1, -0.05) is 25.4 Å². The molecule has 2 rings (SSSR count). The van der Waals surface area contributed by atoms with Crippen LogP contribution in [0, 0.1) is 12.8 Å². The Morgan fingerprint density at radius 3 is 2.33 bits per heavy atom. The smallest absolute Gasteiger partial charge is 0.265 e. The lowest BCUT2D eigenvalue weighted by molar-refractivity contribution is -0.122. The number of halogens is 1. The van der Waals surface area contributed by atoms with E-state index in [1.165, 1.54) is 0 Å². The molecule has 0 saturated carbocycles. The highest BCUT2D eigenvalue weighted by Crippen LogP contribution is 2.23. The number of aryl methyl sites for hydroxylation is 1. The van der Waals surface area contributed by atoms with Crippen LogP contribution in [0.3, 0.4) is 0 Å². The van der Waals surface area contributed by atoms with E-state index in [-0.39, 0.29) is 11.8 Å². The Bertz CT molecular complexity index is 804. The van der Waals surface area contributed by atoms with Crippen molar-refractivity contribution in [3.63, 3.8) is 0 Å². The fourth-order valence-electron chi connectivity index (χ4n) is 2.34. The fraction of sp³-hybridized carbons (Fsp3) is 0.333. The lowest BCUT2D eigenvalue weighted by Crippen LogP contribution is -2.30. The SMILES string of the molecule is Cc1cc(Cl)ccc1OC(C)C(=O)Nc1ccc(C(=O)NCC(C)C)cc1. The van der Waals surface area contributed by atoms with Gasteiger partial charge in [-0.2, -0.15) is 0 Å². The standard InChI is InChI=1S/C21H25ClN2O3/c1-13(2)12-23-21(26)16-5-8-18(9-6-16)24-20(25)15(4)27-19-10-7-17(22)11-14(19)3/h5-11,13,15H,12H2,1-4H3,(H,23,26)(H,24,25). The Labute approximate surface area is 165 Å². The number of anilines is 1. The van der Waals surface area contributed by atoms with E-state index in [0.29, 0.717) is 34.5 Å². The van der Waals surface area contributed by atoms with Crippen LogP contribution in [0.15, 0.2) is 42.5 Å². The average Bonchev–Trinajstić information content (AvgIpc) is 2.62. The number of benzene rings is 2. The van der Waals surface area contributed by atoms with Crippen molar-refractivity contribution in [1.29, 1.82) is 0 Å². The van der Waals surface area contributed by atoms with E-state index in [1.807, 2.05) is 20.8 Å². The van der Waals surface area contributed by atoms with Gasteiger partial charge in [0.25, 0.3) is 11.8 Å². The molecule has 0 aromatic heterocycles. The molecule has 1 atom stereocenters. The Hall–Kier alpha value is -2.53. The van der Waals surface area contributed by atoms with Gasteiger partial charge in [-0.3, -0.25) is 9.59 Å². The highest BCUT2D eigenvalue weighted by molar-refractivity contribution is 6.30. The molecule has 0 saturated heterocycles. The van der Waals surface area contributed by atoms with Crippen LogP contribution in [0.5, 0.6) is 5.75 Å². The Kier molecular flexibility index (Phi) is 7.25. The topological polar surface area (TPSA) is 67.4 Å². The van der Waals surface area contributed by atoms with E-state index in [1.54, 1.807) is 49.4 Å². The van der Waals surface area contributed by atoms with E-state index in [2.05, 4.69) is 10.6 Å². The zero-order valence-corrected chi connectivity index (χ0v) is 16.8. The van der Waals surface area contributed by atoms with Crippen LogP contribution in [0.2, 0.25) is 5.02 Å². The Balaban J connectivity index is 1.93. The first-order valence-electron chi connectivity index (χ1n) is 8.88. The van der Waals surface area contributed by atoms with Crippen molar-refractivity contribution in [2.45, 2.75) is 33.8 Å². The van der Waals surface area contributed by atoms with E-state index >= 15 is 0 Å². The van der Waals surface area contributed by atoms with Crippen molar-refractivity contribution in [2.75, 3.05) is 11.9 Å². The molecule has 2 amide bonds. The molecular formula is C21H25ClN2O3. The first-order valence-corrected chi connectivity index (χ1v) is 9.26. The molecule has 0 spiro atoms. The normalized spacial score (nSPS) is 11.8. The molecular weight excluding hydrogens is 364 g/mol. The molecule has 27 heavy (non-hydrogen) atoms. The van der Waals surface area contributed by atoms with Crippen LogP contribution in [-0.2, 0) is 4.79 Å². The van der Waals surface area contributed by atoms with Gasteiger partial charge in [-0.05, 0) is 67.8 Å². The van der Waals surface area contributed by atoms with E-state index < -0.39 is 6.10 Å². The van der Waals surface area contributed by atoms with Crippen LogP contribution < -0.4 is 15.4 Å². The fourth-order valence-corrected chi connectivity index (χ4v) is 2.56. The summed E-state index contributed by atoms with van der Waals surface area (Å²) in [7, 11) is 0. The van der Waals surface area contributed by atoms with Crippen LogP contribution in [0.1, 0.15) is 36.7 Å². The predicted octanol–water partition coefficient (Wildman–Crippen LogP) is 4.44. The van der Waals surface area contributed by atoms with E-state index in [4.69, 9.17) is 16.3 Å². The predicted molar refractivity (Wildman–Crippen MR) is 109 cm³/mol. The first kappa shape index (κ1) is 20.8. The van der Waals surface area contributed by atoms with Gasteiger partial charge >= 0.3 is 0 Å². The monoisotopic (exact) mass is 388 g/mol. The molecule has 5 nitrogen and oxygen atoms in total. The van der Waals surface area contributed by atoms with Gasteiger partial charge in [-0.25, -0.2) is 0 Å². The number of carbonyl (C=O) groups is 2. The number of amides is 2. The van der Waals surface area contributed by atoms with Crippen molar-refractivity contribution < 1.29 is 14.3 Å². The number of ether oxygens (including phenoxy) is 1. The summed E-state index contributed by atoms with van der Waals surface area (Å²) in [6.07, 6.45) is -0.682. The van der Waals surface area contributed by atoms with Crippen LogP contribution in [-0.4, -0.2) is 24.5 Å². The first-order chi connectivity index (χ1) is 12.8. The lowest BCUT2D eigenvalue weighted by Gasteiger charge is -2.16. The summed E-state index contributed by atoms with van der Waals surface area (Å²) in [6, 6.07) is 12.0. The van der Waals surface area contributed by atoms with Crippen molar-refractivity contribution in [3.05, 3.63) is 58.6 Å². The van der Waals surface area contributed by atoms with Gasteiger partial charge in [0.1, 0.15) is 5.75 Å². The Morgan fingerprint density at radius 2 is 1.74 bits per heavy atom. The van der Waals surface area contributed by atoms with Gasteiger partial charge in [-0.15, -0.1) is 0 Å². The zero-order valence-electron chi connectivity index (χ0n) is 16.0. The van der Waals surface area contributed by atoms with Gasteiger partial charge in [0, 0.05) is 22.8 Å². The van der Waals surface area contributed by atoms with Gasteiger partial charge < -0.3 is 15.4 Å². The number of nitrogens with one attached hydrogen (secondary N) is 2. The number of rotatable bonds is 7. The van der Waals surface area contributed by atoms with Crippen LogP contribution in [0.25, 0.3) is 0 Å². The number of hydrogen-bond acceptors (Lipinski definition) is 3. The summed E-state index contributed by atoms with van der Waals surface area (Å²) >= 11 is 5.93. The summed E-state index contributed by atoms with van der Waals surface area (Å²) in [4.78, 5) is 24.4. The van der Waals surface area contributed by atoms with E-state index in [9.17, 15) is 9.59 Å². The second-order valence-electron chi connectivity index (χ2n) is 6.84. The molecule has 0 radical (unpaired) electrons. The maximum Gasteiger partial charge on any atom is 0.265 e. The Morgan fingerprint density at radius 1 is 1.07 bits per heavy atom. The minimum Gasteiger partial charge on any atom is -0.481 e. The molecule has 0 aliphatic heterocycles. The van der Waals surface area contributed by atoms with Crippen molar-refractivity contribution in [1.82, 2.24) is 5.32 Å². The molecule has 0 bridgehead atoms. The summed E-state index contributed by atoms with van der Waals surface area (Å²) in [5.74, 6) is 0.593. The van der Waals surface area contributed by atoms with E-state index in [0.717, 1.165) is 5.56 Å². The van der Waals surface area contributed by atoms with Gasteiger partial charge in [0.15, 0.2) is 6.10 Å². The molecule has 0 aliphatic carbocycles. The summed E-state index contributed by atoms with van der Waals surface area (Å²) in [5, 5.41) is 6.27. The quantitative estimate of drug-likeness (QED) is 0.736. The minimum atomic E-state index is -0.682. The molecule has 2 aromatic carbocycles. The minimum absolute atomic E-state index is 0.128. The molecule has 2 N–H and O–H groups in total. The molecule has 144 valence electrons. The summed E-state index contributed by atoms with van der Waals surface area (Å²) < 4.78 is 5.72. The molecule has 1 unspecified atom stereocenters.